The van der Waals surface area contributed by atoms with Gasteiger partial charge in [-0.1, -0.05) is 11.6 Å². The van der Waals surface area contributed by atoms with Crippen LogP contribution in [0.3, 0.4) is 0 Å². The van der Waals surface area contributed by atoms with Crippen LogP contribution in [0.25, 0.3) is 10.9 Å². The van der Waals surface area contributed by atoms with Crippen LogP contribution in [-0.2, 0) is 0 Å². The van der Waals surface area contributed by atoms with E-state index in [2.05, 4.69) is 20.9 Å². The molecule has 1 aromatic carbocycles. The third-order valence-electron chi connectivity index (χ3n) is 1.69. The van der Waals surface area contributed by atoms with Gasteiger partial charge in [0.15, 0.2) is 0 Å². The van der Waals surface area contributed by atoms with Gasteiger partial charge < -0.3 is 4.98 Å². The van der Waals surface area contributed by atoms with Crippen LogP contribution < -0.4 is 0 Å². The molecule has 1 N–H and O–H groups in total. The van der Waals surface area contributed by atoms with Crippen molar-refractivity contribution >= 4 is 38.4 Å². The third kappa shape index (κ3) is 1.04. The highest BCUT2D eigenvalue weighted by molar-refractivity contribution is 9.10. The molecule has 0 amide bonds. The molecule has 0 unspecified atom stereocenters. The first-order chi connectivity index (χ1) is 5.70. The lowest BCUT2D eigenvalue weighted by atomic mass is 10.2. The minimum absolute atomic E-state index is 0.282. The normalized spacial score (nSPS) is 10.9. The van der Waals surface area contributed by atoms with Crippen LogP contribution in [0, 0.1) is 5.82 Å². The van der Waals surface area contributed by atoms with E-state index in [0.717, 1.165) is 0 Å². The average molecular weight is 248 g/mol. The number of benzene rings is 1. The molecule has 62 valence electrons. The van der Waals surface area contributed by atoms with Gasteiger partial charge in [-0.2, -0.15) is 0 Å². The van der Waals surface area contributed by atoms with E-state index in [1.807, 2.05) is 0 Å². The Labute approximate surface area is 81.7 Å². The molecule has 12 heavy (non-hydrogen) atoms. The number of hydrogen-bond donors (Lipinski definition) is 1. The zero-order valence-electron chi connectivity index (χ0n) is 5.87. The highest BCUT2D eigenvalue weighted by Crippen LogP contribution is 2.30. The number of H-pyrrole nitrogens is 1. The van der Waals surface area contributed by atoms with Crippen molar-refractivity contribution in [2.75, 3.05) is 0 Å². The zero-order valence-corrected chi connectivity index (χ0v) is 8.21. The second-order valence-electron chi connectivity index (χ2n) is 2.42. The van der Waals surface area contributed by atoms with Gasteiger partial charge in [-0.25, -0.2) is 4.39 Å². The van der Waals surface area contributed by atoms with Crippen LogP contribution in [0.5, 0.6) is 0 Å². The Hall–Kier alpha value is -0.540. The van der Waals surface area contributed by atoms with Crippen LogP contribution >= 0.6 is 27.5 Å². The largest absolute Gasteiger partial charge is 0.360 e. The molecular weight excluding hydrogens is 244 g/mol. The summed E-state index contributed by atoms with van der Waals surface area (Å²) in [6, 6.07) is 3.19. The average Bonchev–Trinajstić information content (AvgIpc) is 2.48. The van der Waals surface area contributed by atoms with E-state index in [-0.39, 0.29) is 5.82 Å². The first-order valence-corrected chi connectivity index (χ1v) is 4.48. The van der Waals surface area contributed by atoms with Gasteiger partial charge in [0.1, 0.15) is 5.82 Å². The molecule has 4 heteroatoms. The van der Waals surface area contributed by atoms with E-state index in [9.17, 15) is 4.39 Å². The lowest BCUT2D eigenvalue weighted by molar-refractivity contribution is 0.633. The second kappa shape index (κ2) is 2.75. The molecule has 2 rings (SSSR count). The summed E-state index contributed by atoms with van der Waals surface area (Å²) in [6.07, 6.45) is 1.66. The van der Waals surface area contributed by atoms with Gasteiger partial charge in [0, 0.05) is 11.6 Å². The van der Waals surface area contributed by atoms with E-state index < -0.39 is 0 Å². The topological polar surface area (TPSA) is 15.8 Å². The van der Waals surface area contributed by atoms with Crippen molar-refractivity contribution in [2.24, 2.45) is 0 Å². The van der Waals surface area contributed by atoms with E-state index in [1.54, 1.807) is 12.3 Å². The minimum Gasteiger partial charge on any atom is -0.360 e. The molecule has 0 saturated carbocycles. The number of hydrogen-bond acceptors (Lipinski definition) is 0. The van der Waals surface area contributed by atoms with Crippen molar-refractivity contribution in [3.05, 3.63) is 33.6 Å². The molecule has 0 atom stereocenters. The van der Waals surface area contributed by atoms with Crippen LogP contribution in [0.4, 0.5) is 4.39 Å². The predicted octanol–water partition coefficient (Wildman–Crippen LogP) is 3.72. The Balaban J connectivity index is 2.97. The summed E-state index contributed by atoms with van der Waals surface area (Å²) in [4.78, 5) is 2.86. The standard InChI is InChI=1S/C8H4BrClFN/c9-5-3-6(10)8-4(7(5)11)1-2-12-8/h1-3,12H. The van der Waals surface area contributed by atoms with Gasteiger partial charge in [-0.15, -0.1) is 0 Å². The molecule has 1 nitrogen and oxygen atoms in total. The van der Waals surface area contributed by atoms with Gasteiger partial charge in [0.05, 0.1) is 15.0 Å². The summed E-state index contributed by atoms with van der Waals surface area (Å²) >= 11 is 8.93. The Bertz CT molecular complexity index is 438. The number of aromatic amines is 1. The summed E-state index contributed by atoms with van der Waals surface area (Å²) in [5.74, 6) is -0.282. The lowest BCUT2D eigenvalue weighted by Crippen LogP contribution is -1.79. The van der Waals surface area contributed by atoms with Crippen molar-refractivity contribution in [3.8, 4) is 0 Å². The van der Waals surface area contributed by atoms with Gasteiger partial charge in [0.25, 0.3) is 0 Å². The smallest absolute Gasteiger partial charge is 0.146 e. The zero-order chi connectivity index (χ0) is 8.72. The first-order valence-electron chi connectivity index (χ1n) is 3.30. The molecule has 0 aliphatic heterocycles. The highest BCUT2D eigenvalue weighted by Gasteiger charge is 2.09. The predicted molar refractivity (Wildman–Crippen MR) is 51.0 cm³/mol. The van der Waals surface area contributed by atoms with Gasteiger partial charge in [-0.05, 0) is 28.1 Å². The Kier molecular flexibility index (Phi) is 1.85. The molecule has 0 fully saturated rings. The van der Waals surface area contributed by atoms with Crippen LogP contribution in [0.2, 0.25) is 5.02 Å². The maximum atomic E-state index is 13.3. The maximum Gasteiger partial charge on any atom is 0.146 e. The van der Waals surface area contributed by atoms with E-state index in [1.165, 1.54) is 6.07 Å². The van der Waals surface area contributed by atoms with E-state index >= 15 is 0 Å². The number of halogens is 3. The SMILES string of the molecule is Fc1c(Br)cc(Cl)c2[nH]ccc12. The van der Waals surface area contributed by atoms with Crippen LogP contribution in [0.15, 0.2) is 22.8 Å². The molecule has 1 aromatic heterocycles. The lowest BCUT2D eigenvalue weighted by Gasteiger charge is -1.98. The Morgan fingerprint density at radius 1 is 1.50 bits per heavy atom. The number of nitrogens with one attached hydrogen (secondary N) is 1. The first kappa shape index (κ1) is 8.08. The number of rotatable bonds is 0. The summed E-state index contributed by atoms with van der Waals surface area (Å²) in [7, 11) is 0. The van der Waals surface area contributed by atoms with Crippen LogP contribution in [-0.4, -0.2) is 4.98 Å². The van der Waals surface area contributed by atoms with Crippen molar-refractivity contribution in [1.29, 1.82) is 0 Å². The van der Waals surface area contributed by atoms with Gasteiger partial charge in [-0.3, -0.25) is 0 Å². The molecule has 0 aliphatic rings. The highest BCUT2D eigenvalue weighted by atomic mass is 79.9. The maximum absolute atomic E-state index is 13.3. The summed E-state index contributed by atoms with van der Waals surface area (Å²) in [5, 5.41) is 1.03. The van der Waals surface area contributed by atoms with E-state index in [4.69, 9.17) is 11.6 Å². The van der Waals surface area contributed by atoms with Gasteiger partial charge in [0.2, 0.25) is 0 Å². The van der Waals surface area contributed by atoms with Crippen molar-refractivity contribution in [3.63, 3.8) is 0 Å². The van der Waals surface area contributed by atoms with Crippen molar-refractivity contribution < 1.29 is 4.39 Å². The monoisotopic (exact) mass is 247 g/mol. The third-order valence-corrected chi connectivity index (χ3v) is 2.56. The molecule has 0 radical (unpaired) electrons. The summed E-state index contributed by atoms with van der Waals surface area (Å²) in [6.45, 7) is 0. The molecule has 0 aliphatic carbocycles. The van der Waals surface area contributed by atoms with Crippen LogP contribution in [0.1, 0.15) is 0 Å². The summed E-state index contributed by atoms with van der Waals surface area (Å²) in [5.41, 5.74) is 0.636. The number of fused-ring (bicyclic) bond motifs is 1. The molecule has 0 saturated heterocycles. The number of aromatic nitrogens is 1. The van der Waals surface area contributed by atoms with E-state index in [0.29, 0.717) is 20.4 Å². The van der Waals surface area contributed by atoms with Gasteiger partial charge >= 0.3 is 0 Å². The molecule has 1 heterocycles. The molecular formula is C8H4BrClFN. The van der Waals surface area contributed by atoms with Crippen molar-refractivity contribution in [2.45, 2.75) is 0 Å². The molecule has 2 aromatic rings. The fourth-order valence-electron chi connectivity index (χ4n) is 1.13. The molecule has 0 spiro atoms. The quantitative estimate of drug-likeness (QED) is 0.684. The summed E-state index contributed by atoms with van der Waals surface area (Å²) < 4.78 is 13.7. The fourth-order valence-corrected chi connectivity index (χ4v) is 1.97. The Morgan fingerprint density at radius 2 is 2.25 bits per heavy atom. The Morgan fingerprint density at radius 3 is 3.00 bits per heavy atom. The molecule has 0 bridgehead atoms. The minimum atomic E-state index is -0.282. The second-order valence-corrected chi connectivity index (χ2v) is 3.68. The fraction of sp³-hybridized carbons (Fsp3) is 0. The van der Waals surface area contributed by atoms with Crippen molar-refractivity contribution in [1.82, 2.24) is 4.98 Å².